The molecule has 1 unspecified atom stereocenters. The topological polar surface area (TPSA) is 29.5 Å². The number of carbonyl (C=O) groups excluding carboxylic acids is 1. The van der Waals surface area contributed by atoms with Gasteiger partial charge in [0.1, 0.15) is 6.10 Å². The molecule has 0 spiro atoms. The minimum Gasteiger partial charge on any atom is -0.459 e. The van der Waals surface area contributed by atoms with Gasteiger partial charge in [-0.05, 0) is 33.7 Å². The fourth-order valence-corrected chi connectivity index (χ4v) is 2.82. The van der Waals surface area contributed by atoms with Gasteiger partial charge in [0.15, 0.2) is 0 Å². The number of allylic oxidation sites excluding steroid dienone is 1. The molecule has 0 aliphatic carbocycles. The van der Waals surface area contributed by atoms with Gasteiger partial charge in [0.2, 0.25) is 0 Å². The summed E-state index contributed by atoms with van der Waals surface area (Å²) in [7, 11) is 2.19. The third-order valence-electron chi connectivity index (χ3n) is 4.08. The Hall–Kier alpha value is -0.830. The van der Waals surface area contributed by atoms with Crippen LogP contribution in [0.1, 0.15) is 39.5 Å². The van der Waals surface area contributed by atoms with Crippen molar-refractivity contribution >= 4 is 5.97 Å². The van der Waals surface area contributed by atoms with Gasteiger partial charge in [0, 0.05) is 30.5 Å². The molecule has 2 heterocycles. The third kappa shape index (κ3) is 2.14. The number of nitrogens with zero attached hydrogens (tertiary/aromatic N) is 1. The SMILES string of the molecule is C/C=C(/C)C(=O)OC1C[C@H]2CC[C@@H](C1)N2C. The summed E-state index contributed by atoms with van der Waals surface area (Å²) in [5.74, 6) is -0.142. The van der Waals surface area contributed by atoms with Gasteiger partial charge in [0.25, 0.3) is 0 Å². The van der Waals surface area contributed by atoms with Crippen molar-refractivity contribution in [3.63, 3.8) is 0 Å². The van der Waals surface area contributed by atoms with Crippen LogP contribution in [0.15, 0.2) is 11.6 Å². The molecule has 0 aromatic carbocycles. The van der Waals surface area contributed by atoms with Gasteiger partial charge in [-0.15, -0.1) is 0 Å². The van der Waals surface area contributed by atoms with Gasteiger partial charge >= 0.3 is 5.97 Å². The molecule has 3 atom stereocenters. The molecule has 0 radical (unpaired) electrons. The van der Waals surface area contributed by atoms with Crippen molar-refractivity contribution in [2.24, 2.45) is 0 Å². The van der Waals surface area contributed by atoms with Crippen LogP contribution >= 0.6 is 0 Å². The lowest BCUT2D eigenvalue weighted by molar-refractivity contribution is -0.147. The van der Waals surface area contributed by atoms with Gasteiger partial charge in [-0.1, -0.05) is 6.08 Å². The summed E-state index contributed by atoms with van der Waals surface area (Å²) in [5.41, 5.74) is 0.714. The highest BCUT2D eigenvalue weighted by molar-refractivity contribution is 5.87. The van der Waals surface area contributed by atoms with E-state index < -0.39 is 0 Å². The van der Waals surface area contributed by atoms with Gasteiger partial charge in [-0.25, -0.2) is 4.79 Å². The molecule has 2 bridgehead atoms. The minimum atomic E-state index is -0.142. The van der Waals surface area contributed by atoms with Gasteiger partial charge in [-0.2, -0.15) is 0 Å². The summed E-state index contributed by atoms with van der Waals surface area (Å²) in [5, 5.41) is 0. The lowest BCUT2D eigenvalue weighted by Crippen LogP contribution is -2.43. The molecule has 0 N–H and O–H groups in total. The third-order valence-corrected chi connectivity index (χ3v) is 4.08. The standard InChI is InChI=1S/C13H21NO2/c1-4-9(2)13(15)16-12-7-10-5-6-11(8-12)14(10)3/h4,10-12H,5-8H2,1-3H3/b9-4-/t10-,11+,12?. The summed E-state index contributed by atoms with van der Waals surface area (Å²) in [4.78, 5) is 14.1. The molecule has 3 nitrogen and oxygen atoms in total. The van der Waals surface area contributed by atoms with Crippen LogP contribution in [0.5, 0.6) is 0 Å². The van der Waals surface area contributed by atoms with Gasteiger partial charge in [-0.3, -0.25) is 0 Å². The average molecular weight is 223 g/mol. The van der Waals surface area contributed by atoms with Gasteiger partial charge in [0.05, 0.1) is 0 Å². The molecule has 2 aliphatic heterocycles. The number of rotatable bonds is 2. The van der Waals surface area contributed by atoms with E-state index in [1.807, 2.05) is 19.9 Å². The highest BCUT2D eigenvalue weighted by atomic mass is 16.5. The zero-order chi connectivity index (χ0) is 11.7. The molecule has 0 amide bonds. The summed E-state index contributed by atoms with van der Waals surface area (Å²) in [6.07, 6.45) is 6.49. The van der Waals surface area contributed by atoms with E-state index in [4.69, 9.17) is 4.74 Å². The highest BCUT2D eigenvalue weighted by Crippen LogP contribution is 2.35. The number of ether oxygens (including phenoxy) is 1. The Labute approximate surface area is 97.5 Å². The quantitative estimate of drug-likeness (QED) is 0.530. The van der Waals surface area contributed by atoms with Crippen LogP contribution in [0.25, 0.3) is 0 Å². The normalized spacial score (nSPS) is 35.2. The first-order valence-corrected chi connectivity index (χ1v) is 6.17. The molecule has 0 aromatic heterocycles. The smallest absolute Gasteiger partial charge is 0.333 e. The van der Waals surface area contributed by atoms with Crippen LogP contribution in [0.4, 0.5) is 0 Å². The molecule has 0 aromatic rings. The van der Waals surface area contributed by atoms with Crippen molar-refractivity contribution in [3.05, 3.63) is 11.6 Å². The summed E-state index contributed by atoms with van der Waals surface area (Å²) in [6.45, 7) is 3.68. The molecular formula is C13H21NO2. The Morgan fingerprint density at radius 2 is 1.88 bits per heavy atom. The van der Waals surface area contributed by atoms with Crippen LogP contribution in [0.3, 0.4) is 0 Å². The second kappa shape index (κ2) is 4.58. The maximum atomic E-state index is 11.7. The predicted octanol–water partition coefficient (Wildman–Crippen LogP) is 2.12. The molecule has 2 fully saturated rings. The number of hydrogen-bond donors (Lipinski definition) is 0. The average Bonchev–Trinajstić information content (AvgIpc) is 2.52. The second-order valence-electron chi connectivity index (χ2n) is 5.02. The van der Waals surface area contributed by atoms with E-state index in [0.717, 1.165) is 12.8 Å². The van der Waals surface area contributed by atoms with Crippen molar-refractivity contribution in [2.45, 2.75) is 57.7 Å². The van der Waals surface area contributed by atoms with Crippen molar-refractivity contribution in [1.29, 1.82) is 0 Å². The minimum absolute atomic E-state index is 0.135. The molecular weight excluding hydrogens is 202 g/mol. The molecule has 2 aliphatic rings. The molecule has 16 heavy (non-hydrogen) atoms. The first kappa shape index (κ1) is 11.6. The molecule has 90 valence electrons. The monoisotopic (exact) mass is 223 g/mol. The lowest BCUT2D eigenvalue weighted by Gasteiger charge is -2.35. The fraction of sp³-hybridized carbons (Fsp3) is 0.769. The van der Waals surface area contributed by atoms with Crippen LogP contribution in [0.2, 0.25) is 0 Å². The van der Waals surface area contributed by atoms with E-state index in [2.05, 4.69) is 11.9 Å². The Morgan fingerprint density at radius 1 is 1.31 bits per heavy atom. The van der Waals surface area contributed by atoms with Crippen molar-refractivity contribution in [2.75, 3.05) is 7.05 Å². The zero-order valence-electron chi connectivity index (χ0n) is 10.4. The van der Waals surface area contributed by atoms with E-state index in [-0.39, 0.29) is 12.1 Å². The van der Waals surface area contributed by atoms with E-state index in [1.165, 1.54) is 12.8 Å². The number of piperidine rings is 1. The maximum Gasteiger partial charge on any atom is 0.333 e. The van der Waals surface area contributed by atoms with Crippen molar-refractivity contribution < 1.29 is 9.53 Å². The lowest BCUT2D eigenvalue weighted by atomic mass is 10.0. The zero-order valence-corrected chi connectivity index (χ0v) is 10.4. The first-order valence-electron chi connectivity index (χ1n) is 6.17. The van der Waals surface area contributed by atoms with Gasteiger partial charge < -0.3 is 9.64 Å². The highest BCUT2D eigenvalue weighted by Gasteiger charge is 2.39. The summed E-state index contributed by atoms with van der Waals surface area (Å²) in [6, 6.07) is 1.25. The summed E-state index contributed by atoms with van der Waals surface area (Å²) >= 11 is 0. The molecule has 0 saturated carbocycles. The molecule has 2 saturated heterocycles. The van der Waals surface area contributed by atoms with Crippen LogP contribution in [0, 0.1) is 0 Å². The molecule has 3 heteroatoms. The number of hydrogen-bond acceptors (Lipinski definition) is 3. The fourth-order valence-electron chi connectivity index (χ4n) is 2.82. The number of fused-ring (bicyclic) bond motifs is 2. The van der Waals surface area contributed by atoms with E-state index >= 15 is 0 Å². The van der Waals surface area contributed by atoms with E-state index in [9.17, 15) is 4.79 Å². The number of carbonyl (C=O) groups is 1. The largest absolute Gasteiger partial charge is 0.459 e. The Kier molecular flexibility index (Phi) is 3.33. The van der Waals surface area contributed by atoms with Crippen LogP contribution in [-0.4, -0.2) is 36.1 Å². The number of esters is 1. The van der Waals surface area contributed by atoms with E-state index in [1.54, 1.807) is 0 Å². The maximum absolute atomic E-state index is 11.7. The Balaban J connectivity index is 1.92. The second-order valence-corrected chi connectivity index (χ2v) is 5.02. The Bertz CT molecular complexity index is 297. The van der Waals surface area contributed by atoms with Crippen LogP contribution in [-0.2, 0) is 9.53 Å². The van der Waals surface area contributed by atoms with E-state index in [0.29, 0.717) is 17.7 Å². The molecule has 2 rings (SSSR count). The van der Waals surface area contributed by atoms with Crippen molar-refractivity contribution in [1.82, 2.24) is 4.90 Å². The summed E-state index contributed by atoms with van der Waals surface area (Å²) < 4.78 is 5.54. The Morgan fingerprint density at radius 3 is 2.38 bits per heavy atom. The first-order chi connectivity index (χ1) is 7.61. The van der Waals surface area contributed by atoms with Crippen molar-refractivity contribution in [3.8, 4) is 0 Å². The van der Waals surface area contributed by atoms with Crippen LogP contribution < -0.4 is 0 Å². The predicted molar refractivity (Wildman–Crippen MR) is 63.1 cm³/mol.